The fourth-order valence-corrected chi connectivity index (χ4v) is 3.74. The number of carbonyl (C=O) groups excluding carboxylic acids is 3. The van der Waals surface area contributed by atoms with Gasteiger partial charge < -0.3 is 14.8 Å². The first-order valence-corrected chi connectivity index (χ1v) is 9.26. The Hall–Kier alpha value is -3.10. The number of ether oxygens (including phenoxy) is 2. The largest absolute Gasteiger partial charge is 0.497 e. The van der Waals surface area contributed by atoms with Crippen LogP contribution in [0.15, 0.2) is 48.5 Å². The minimum atomic E-state index is -0.767. The second-order valence-electron chi connectivity index (χ2n) is 5.55. The quantitative estimate of drug-likeness (QED) is 0.609. The molecule has 3 rings (SSSR count). The Balaban J connectivity index is 1.52. The summed E-state index contributed by atoms with van der Waals surface area (Å²) in [6.45, 7) is -0.612. The van der Waals surface area contributed by atoms with E-state index in [2.05, 4.69) is 10.6 Å². The van der Waals surface area contributed by atoms with Gasteiger partial charge in [0.1, 0.15) is 10.6 Å². The van der Waals surface area contributed by atoms with Crippen molar-refractivity contribution >= 4 is 56.6 Å². The summed E-state index contributed by atoms with van der Waals surface area (Å²) in [5, 5.41) is 5.58. The Morgan fingerprint density at radius 3 is 2.46 bits per heavy atom. The molecule has 3 aromatic rings. The van der Waals surface area contributed by atoms with Gasteiger partial charge in [0, 0.05) is 15.8 Å². The predicted molar refractivity (Wildman–Crippen MR) is 107 cm³/mol. The SMILES string of the molecule is COc1ccc(NC(=O)NC(=O)COC(=O)c2sc3ccccc3c2Cl)cc1. The fraction of sp³-hybridized carbons (Fsp3) is 0.105. The Morgan fingerprint density at radius 2 is 1.79 bits per heavy atom. The monoisotopic (exact) mass is 418 g/mol. The van der Waals surface area contributed by atoms with Crippen LogP contribution in [0.5, 0.6) is 5.75 Å². The highest BCUT2D eigenvalue weighted by Gasteiger charge is 2.19. The van der Waals surface area contributed by atoms with E-state index in [1.165, 1.54) is 18.4 Å². The lowest BCUT2D eigenvalue weighted by Gasteiger charge is -2.08. The van der Waals surface area contributed by atoms with Gasteiger partial charge >= 0.3 is 12.0 Å². The molecule has 0 bridgehead atoms. The molecule has 28 heavy (non-hydrogen) atoms. The molecule has 0 aliphatic carbocycles. The molecule has 0 saturated heterocycles. The number of nitrogens with one attached hydrogen (secondary N) is 2. The van der Waals surface area contributed by atoms with E-state index in [1.807, 2.05) is 18.2 Å². The number of methoxy groups -OCH3 is 1. The number of benzene rings is 2. The van der Waals surface area contributed by atoms with Crippen LogP contribution in [0.4, 0.5) is 10.5 Å². The minimum Gasteiger partial charge on any atom is -0.497 e. The number of halogens is 1. The molecular formula is C19H15ClN2O5S. The average molecular weight is 419 g/mol. The third kappa shape index (κ3) is 4.59. The number of fused-ring (bicyclic) bond motifs is 1. The highest BCUT2D eigenvalue weighted by molar-refractivity contribution is 7.21. The van der Waals surface area contributed by atoms with Crippen molar-refractivity contribution in [1.82, 2.24) is 5.32 Å². The van der Waals surface area contributed by atoms with Crippen LogP contribution in [-0.4, -0.2) is 31.6 Å². The first-order chi connectivity index (χ1) is 13.5. The number of esters is 1. The van der Waals surface area contributed by atoms with Crippen LogP contribution in [0.3, 0.4) is 0 Å². The Bertz CT molecular complexity index is 1030. The van der Waals surface area contributed by atoms with E-state index < -0.39 is 24.5 Å². The maximum absolute atomic E-state index is 12.2. The van der Waals surface area contributed by atoms with Gasteiger partial charge in [0.2, 0.25) is 0 Å². The lowest BCUT2D eigenvalue weighted by molar-refractivity contribution is -0.123. The van der Waals surface area contributed by atoms with E-state index in [-0.39, 0.29) is 9.90 Å². The van der Waals surface area contributed by atoms with Gasteiger partial charge in [-0.25, -0.2) is 9.59 Å². The summed E-state index contributed by atoms with van der Waals surface area (Å²) in [6.07, 6.45) is 0. The van der Waals surface area contributed by atoms with Crippen LogP contribution in [0.1, 0.15) is 9.67 Å². The number of hydrogen-bond acceptors (Lipinski definition) is 6. The van der Waals surface area contributed by atoms with Crippen molar-refractivity contribution in [2.75, 3.05) is 19.0 Å². The van der Waals surface area contributed by atoms with Crippen LogP contribution in [0.2, 0.25) is 5.02 Å². The Kier molecular flexibility index (Phi) is 6.13. The summed E-state index contributed by atoms with van der Waals surface area (Å²) in [4.78, 5) is 36.1. The molecular weight excluding hydrogens is 404 g/mol. The summed E-state index contributed by atoms with van der Waals surface area (Å²) >= 11 is 7.37. The molecule has 0 atom stereocenters. The molecule has 9 heteroatoms. The molecule has 3 amide bonds. The van der Waals surface area contributed by atoms with E-state index in [9.17, 15) is 14.4 Å². The van der Waals surface area contributed by atoms with Gasteiger partial charge in [0.15, 0.2) is 6.61 Å². The van der Waals surface area contributed by atoms with E-state index in [1.54, 1.807) is 30.3 Å². The standard InChI is InChI=1S/C19H15ClN2O5S/c1-26-12-8-6-11(7-9-12)21-19(25)22-15(23)10-27-18(24)17-16(20)13-4-2-3-5-14(13)28-17/h2-9H,10H2,1H3,(H2,21,22,23,25). The minimum absolute atomic E-state index is 0.207. The van der Waals surface area contributed by atoms with Gasteiger partial charge in [-0.05, 0) is 30.3 Å². The molecule has 1 heterocycles. The first-order valence-electron chi connectivity index (χ1n) is 8.07. The summed E-state index contributed by atoms with van der Waals surface area (Å²) in [5.41, 5.74) is 0.472. The zero-order valence-electron chi connectivity index (χ0n) is 14.7. The van der Waals surface area contributed by atoms with E-state index in [0.29, 0.717) is 11.4 Å². The molecule has 2 aromatic carbocycles. The van der Waals surface area contributed by atoms with Crippen molar-refractivity contribution in [1.29, 1.82) is 0 Å². The molecule has 1 aromatic heterocycles. The number of urea groups is 1. The number of thiophene rings is 1. The number of amides is 3. The topological polar surface area (TPSA) is 93.7 Å². The molecule has 0 radical (unpaired) electrons. The van der Waals surface area contributed by atoms with Gasteiger partial charge in [-0.2, -0.15) is 0 Å². The lowest BCUT2D eigenvalue weighted by atomic mass is 10.2. The van der Waals surface area contributed by atoms with Gasteiger partial charge in [-0.3, -0.25) is 10.1 Å². The molecule has 0 spiro atoms. The molecule has 144 valence electrons. The van der Waals surface area contributed by atoms with Crippen LogP contribution in [-0.2, 0) is 9.53 Å². The Labute approximate surface area is 169 Å². The van der Waals surface area contributed by atoms with Crippen LogP contribution >= 0.6 is 22.9 Å². The smallest absolute Gasteiger partial charge is 0.350 e. The van der Waals surface area contributed by atoms with Crippen LogP contribution in [0.25, 0.3) is 10.1 Å². The molecule has 0 unspecified atom stereocenters. The summed E-state index contributed by atoms with van der Waals surface area (Å²) in [6, 6.07) is 13.1. The maximum Gasteiger partial charge on any atom is 0.350 e. The summed E-state index contributed by atoms with van der Waals surface area (Å²) < 4.78 is 10.8. The van der Waals surface area contributed by atoms with Crippen molar-refractivity contribution in [2.45, 2.75) is 0 Å². The maximum atomic E-state index is 12.2. The van der Waals surface area contributed by atoms with Crippen molar-refractivity contribution in [2.24, 2.45) is 0 Å². The second kappa shape index (κ2) is 8.73. The number of carbonyl (C=O) groups is 3. The second-order valence-corrected chi connectivity index (χ2v) is 6.98. The van der Waals surface area contributed by atoms with Crippen molar-refractivity contribution < 1.29 is 23.9 Å². The average Bonchev–Trinajstić information content (AvgIpc) is 3.03. The van der Waals surface area contributed by atoms with Gasteiger partial charge in [-0.1, -0.05) is 29.8 Å². The van der Waals surface area contributed by atoms with E-state index >= 15 is 0 Å². The molecule has 2 N–H and O–H groups in total. The highest BCUT2D eigenvalue weighted by atomic mass is 35.5. The van der Waals surface area contributed by atoms with Gasteiger partial charge in [0.25, 0.3) is 5.91 Å². The van der Waals surface area contributed by atoms with Crippen LogP contribution in [0, 0.1) is 0 Å². The zero-order chi connectivity index (χ0) is 20.1. The molecule has 0 saturated carbocycles. The van der Waals surface area contributed by atoms with Crippen molar-refractivity contribution in [3.05, 3.63) is 58.4 Å². The third-order valence-corrected chi connectivity index (χ3v) is 5.31. The fourth-order valence-electron chi connectivity index (χ4n) is 2.34. The summed E-state index contributed by atoms with van der Waals surface area (Å²) in [5.74, 6) is -0.859. The highest BCUT2D eigenvalue weighted by Crippen LogP contribution is 2.35. The van der Waals surface area contributed by atoms with E-state index in [0.717, 1.165) is 10.1 Å². The zero-order valence-corrected chi connectivity index (χ0v) is 16.2. The van der Waals surface area contributed by atoms with Gasteiger partial charge in [0.05, 0.1) is 12.1 Å². The number of rotatable bonds is 5. The third-order valence-electron chi connectivity index (χ3n) is 3.66. The number of hydrogen-bond donors (Lipinski definition) is 2. The number of anilines is 1. The predicted octanol–water partition coefficient (Wildman–Crippen LogP) is 4.07. The van der Waals surface area contributed by atoms with E-state index in [4.69, 9.17) is 21.1 Å². The number of imide groups is 1. The molecule has 0 aliphatic heterocycles. The normalized spacial score (nSPS) is 10.4. The Morgan fingerprint density at radius 1 is 1.07 bits per heavy atom. The molecule has 0 aliphatic rings. The van der Waals surface area contributed by atoms with Crippen LogP contribution < -0.4 is 15.4 Å². The lowest BCUT2D eigenvalue weighted by Crippen LogP contribution is -2.37. The molecule has 0 fully saturated rings. The first kappa shape index (κ1) is 19.7. The summed E-state index contributed by atoms with van der Waals surface area (Å²) in [7, 11) is 1.53. The van der Waals surface area contributed by atoms with Gasteiger partial charge in [-0.15, -0.1) is 11.3 Å². The van der Waals surface area contributed by atoms with Crippen molar-refractivity contribution in [3.63, 3.8) is 0 Å². The van der Waals surface area contributed by atoms with Crippen molar-refractivity contribution in [3.8, 4) is 5.75 Å². The molecule has 7 nitrogen and oxygen atoms in total.